The summed E-state index contributed by atoms with van der Waals surface area (Å²) in [5, 5.41) is 29.8. The third-order valence-electron chi connectivity index (χ3n) is 4.91. The molecule has 3 N–H and O–H groups in total. The summed E-state index contributed by atoms with van der Waals surface area (Å²) in [6.45, 7) is 5.59. The van der Waals surface area contributed by atoms with Crippen molar-refractivity contribution in [2.24, 2.45) is 0 Å². The van der Waals surface area contributed by atoms with Crippen LogP contribution in [0, 0.1) is 0 Å². The average molecular weight is 336 g/mol. The highest BCUT2D eigenvalue weighted by Crippen LogP contribution is 2.28. The van der Waals surface area contributed by atoms with E-state index < -0.39 is 17.2 Å². The maximum atomic E-state index is 11.0. The van der Waals surface area contributed by atoms with Crippen LogP contribution in [0.5, 0.6) is 0 Å². The van der Waals surface area contributed by atoms with Crippen LogP contribution in [-0.2, 0) is 6.54 Å². The van der Waals surface area contributed by atoms with Gasteiger partial charge in [-0.25, -0.2) is 4.79 Å². The molecule has 1 fully saturated rings. The van der Waals surface area contributed by atoms with Crippen molar-refractivity contribution in [2.45, 2.75) is 44.4 Å². The molecule has 2 rings (SSSR count). The second-order valence-electron chi connectivity index (χ2n) is 7.31. The van der Waals surface area contributed by atoms with Crippen molar-refractivity contribution in [1.29, 1.82) is 0 Å². The molecular formula is C18H28N2O4. The molecule has 24 heavy (non-hydrogen) atoms. The largest absolute Gasteiger partial charge is 0.465 e. The first kappa shape index (κ1) is 18.7. The first-order valence-electron chi connectivity index (χ1n) is 8.36. The van der Waals surface area contributed by atoms with Crippen LogP contribution in [0.15, 0.2) is 30.3 Å². The van der Waals surface area contributed by atoms with Gasteiger partial charge in [0, 0.05) is 31.7 Å². The van der Waals surface area contributed by atoms with Gasteiger partial charge in [0.05, 0.1) is 12.2 Å². The summed E-state index contributed by atoms with van der Waals surface area (Å²) in [6.07, 6.45) is -0.119. The number of piperidine rings is 1. The minimum atomic E-state index is -0.937. The molecular weight excluding hydrogens is 308 g/mol. The molecule has 0 aliphatic carbocycles. The minimum Gasteiger partial charge on any atom is -0.465 e. The Hall–Kier alpha value is -1.63. The zero-order valence-corrected chi connectivity index (χ0v) is 14.5. The monoisotopic (exact) mass is 336 g/mol. The van der Waals surface area contributed by atoms with Crippen LogP contribution in [0.2, 0.25) is 0 Å². The molecule has 6 heteroatoms. The number of nitrogens with zero attached hydrogens (tertiary/aromatic N) is 2. The topological polar surface area (TPSA) is 84.2 Å². The Morgan fingerprint density at radius 3 is 2.33 bits per heavy atom. The van der Waals surface area contributed by atoms with Gasteiger partial charge in [0.15, 0.2) is 0 Å². The zero-order valence-electron chi connectivity index (χ0n) is 14.5. The fourth-order valence-electron chi connectivity index (χ4n) is 3.02. The van der Waals surface area contributed by atoms with Crippen molar-refractivity contribution in [1.82, 2.24) is 9.80 Å². The number of aliphatic hydroxyl groups is 2. The summed E-state index contributed by atoms with van der Waals surface area (Å²) in [5.41, 5.74) is -0.298. The van der Waals surface area contributed by atoms with Gasteiger partial charge in [-0.1, -0.05) is 30.3 Å². The number of aliphatic hydroxyl groups excluding tert-OH is 1. The van der Waals surface area contributed by atoms with Crippen molar-refractivity contribution in [3.63, 3.8) is 0 Å². The van der Waals surface area contributed by atoms with Crippen molar-refractivity contribution in [3.05, 3.63) is 35.9 Å². The maximum Gasteiger partial charge on any atom is 0.407 e. The van der Waals surface area contributed by atoms with Gasteiger partial charge in [0.2, 0.25) is 0 Å². The summed E-state index contributed by atoms with van der Waals surface area (Å²) >= 11 is 0. The van der Waals surface area contributed by atoms with Crippen LogP contribution in [0.3, 0.4) is 0 Å². The van der Waals surface area contributed by atoms with E-state index in [2.05, 4.69) is 4.90 Å². The highest BCUT2D eigenvalue weighted by Gasteiger charge is 2.38. The van der Waals surface area contributed by atoms with Crippen LogP contribution in [0.25, 0.3) is 0 Å². The Morgan fingerprint density at radius 1 is 1.25 bits per heavy atom. The molecule has 1 aliphatic rings. The van der Waals surface area contributed by atoms with E-state index >= 15 is 0 Å². The predicted octanol–water partition coefficient (Wildman–Crippen LogP) is 1.76. The van der Waals surface area contributed by atoms with Gasteiger partial charge in [0.1, 0.15) is 0 Å². The fraction of sp³-hybridized carbons (Fsp3) is 0.611. The Balaban J connectivity index is 2.09. The molecule has 6 nitrogen and oxygen atoms in total. The van der Waals surface area contributed by atoms with E-state index in [4.69, 9.17) is 5.11 Å². The summed E-state index contributed by atoms with van der Waals surface area (Å²) in [5.74, 6) is 0. The molecule has 1 amide bonds. The van der Waals surface area contributed by atoms with Gasteiger partial charge < -0.3 is 20.2 Å². The lowest BCUT2D eigenvalue weighted by molar-refractivity contribution is -0.0714. The van der Waals surface area contributed by atoms with Crippen LogP contribution in [-0.4, -0.2) is 68.6 Å². The van der Waals surface area contributed by atoms with E-state index in [0.29, 0.717) is 39.0 Å². The summed E-state index contributed by atoms with van der Waals surface area (Å²) in [4.78, 5) is 14.5. The highest BCUT2D eigenvalue weighted by molar-refractivity contribution is 5.65. The number of amides is 1. The van der Waals surface area contributed by atoms with Gasteiger partial charge in [0.25, 0.3) is 0 Å². The van der Waals surface area contributed by atoms with E-state index in [1.807, 2.05) is 44.2 Å². The number of hydrogen-bond acceptors (Lipinski definition) is 4. The molecule has 0 unspecified atom stereocenters. The predicted molar refractivity (Wildman–Crippen MR) is 91.8 cm³/mol. The standard InChI is InChI=1S/C18H28N2O4/c1-17(2,14-21)20(12-15-6-4-3-5-7-15)13-18(24)8-10-19(11-9-18)16(22)23/h3-7,21,24H,8-14H2,1-2H3,(H,22,23). The molecule has 1 saturated heterocycles. The van der Waals surface area contributed by atoms with E-state index in [-0.39, 0.29) is 6.61 Å². The molecule has 0 bridgehead atoms. The quantitative estimate of drug-likeness (QED) is 0.737. The molecule has 0 aromatic heterocycles. The van der Waals surface area contributed by atoms with Gasteiger partial charge in [-0.05, 0) is 32.3 Å². The van der Waals surface area contributed by atoms with Crippen molar-refractivity contribution < 1.29 is 20.1 Å². The number of carboxylic acid groups (broad SMARTS) is 1. The SMILES string of the molecule is CC(C)(CO)N(Cc1ccccc1)CC1(O)CCN(C(=O)O)CC1. The number of benzene rings is 1. The lowest BCUT2D eigenvalue weighted by Crippen LogP contribution is -2.57. The van der Waals surface area contributed by atoms with Gasteiger partial charge >= 0.3 is 6.09 Å². The van der Waals surface area contributed by atoms with E-state index in [1.54, 1.807) is 0 Å². The van der Waals surface area contributed by atoms with Crippen molar-refractivity contribution in [3.8, 4) is 0 Å². The molecule has 1 aromatic rings. The summed E-state index contributed by atoms with van der Waals surface area (Å²) in [7, 11) is 0. The maximum absolute atomic E-state index is 11.0. The Labute approximate surface area is 143 Å². The number of likely N-dealkylation sites (tertiary alicyclic amines) is 1. The molecule has 0 saturated carbocycles. The molecule has 134 valence electrons. The Bertz CT molecular complexity index is 539. The molecule has 1 aromatic carbocycles. The van der Waals surface area contributed by atoms with E-state index in [0.717, 1.165) is 5.56 Å². The first-order valence-corrected chi connectivity index (χ1v) is 8.36. The second kappa shape index (κ2) is 7.51. The third kappa shape index (κ3) is 4.69. The van der Waals surface area contributed by atoms with E-state index in [1.165, 1.54) is 4.90 Å². The van der Waals surface area contributed by atoms with E-state index in [9.17, 15) is 15.0 Å². The average Bonchev–Trinajstić information content (AvgIpc) is 2.55. The number of carbonyl (C=O) groups is 1. The molecule has 1 aliphatic heterocycles. The second-order valence-corrected chi connectivity index (χ2v) is 7.31. The molecule has 1 heterocycles. The summed E-state index contributed by atoms with van der Waals surface area (Å²) in [6, 6.07) is 9.95. The third-order valence-corrected chi connectivity index (χ3v) is 4.91. The van der Waals surface area contributed by atoms with Crippen LogP contribution in [0.4, 0.5) is 4.79 Å². The summed E-state index contributed by atoms with van der Waals surface area (Å²) < 4.78 is 0. The Morgan fingerprint density at radius 2 is 1.83 bits per heavy atom. The normalized spacial score (nSPS) is 18.0. The van der Waals surface area contributed by atoms with Crippen LogP contribution >= 0.6 is 0 Å². The number of hydrogen-bond donors (Lipinski definition) is 3. The van der Waals surface area contributed by atoms with Crippen molar-refractivity contribution in [2.75, 3.05) is 26.2 Å². The number of β-amino-alcohol motifs (C(OH)–C–C–N with tert-alkyl or cyclic N) is 1. The number of rotatable bonds is 6. The van der Waals surface area contributed by atoms with Crippen molar-refractivity contribution >= 4 is 6.09 Å². The lowest BCUT2D eigenvalue weighted by Gasteiger charge is -2.45. The smallest absolute Gasteiger partial charge is 0.407 e. The van der Waals surface area contributed by atoms with Gasteiger partial charge in [-0.3, -0.25) is 4.90 Å². The van der Waals surface area contributed by atoms with Crippen LogP contribution < -0.4 is 0 Å². The Kier molecular flexibility index (Phi) is 5.85. The molecule has 0 radical (unpaired) electrons. The molecule has 0 atom stereocenters. The first-order chi connectivity index (χ1) is 11.3. The van der Waals surface area contributed by atoms with Gasteiger partial charge in [-0.15, -0.1) is 0 Å². The lowest BCUT2D eigenvalue weighted by atomic mass is 9.88. The zero-order chi connectivity index (χ0) is 17.8. The minimum absolute atomic E-state index is 0.0167. The highest BCUT2D eigenvalue weighted by atomic mass is 16.4. The molecule has 0 spiro atoms. The van der Waals surface area contributed by atoms with Crippen LogP contribution in [0.1, 0.15) is 32.3 Å². The fourth-order valence-corrected chi connectivity index (χ4v) is 3.02. The van der Waals surface area contributed by atoms with Gasteiger partial charge in [-0.2, -0.15) is 0 Å².